The van der Waals surface area contributed by atoms with E-state index in [0.29, 0.717) is 0 Å². The molecule has 10 aromatic rings. The lowest BCUT2D eigenvalue weighted by molar-refractivity contribution is 1.12. The number of para-hydroxylation sites is 1. The Kier molecular flexibility index (Phi) is 7.77. The normalized spacial score (nSPS) is 11.3. The molecular weight excluding hydrogens is 657 g/mol. The Morgan fingerprint density at radius 2 is 0.741 bits per heavy atom. The molecule has 0 fully saturated rings. The lowest BCUT2D eigenvalue weighted by Crippen LogP contribution is -2.10. The fraction of sp³-hybridized carbons (Fsp3) is 0. The van der Waals surface area contributed by atoms with Crippen molar-refractivity contribution in [3.8, 4) is 44.8 Å². The van der Waals surface area contributed by atoms with Crippen molar-refractivity contribution in [2.75, 3.05) is 4.90 Å². The van der Waals surface area contributed by atoms with Crippen molar-refractivity contribution in [3.63, 3.8) is 0 Å². The van der Waals surface area contributed by atoms with Crippen LogP contribution in [0.4, 0.5) is 17.1 Å². The molecule has 0 amide bonds. The molecule has 8 aromatic carbocycles. The van der Waals surface area contributed by atoms with Crippen LogP contribution in [0.2, 0.25) is 0 Å². The molecule has 0 aliphatic rings. The zero-order chi connectivity index (χ0) is 35.8. The number of fused-ring (bicyclic) bond motifs is 6. The summed E-state index contributed by atoms with van der Waals surface area (Å²) in [7, 11) is 0. The van der Waals surface area contributed by atoms with Gasteiger partial charge in [-0.3, -0.25) is 4.40 Å². The van der Waals surface area contributed by atoms with Crippen LogP contribution in [0.25, 0.3) is 72.1 Å². The van der Waals surface area contributed by atoms with Gasteiger partial charge in [-0.25, -0.2) is 0 Å². The van der Waals surface area contributed by atoms with Gasteiger partial charge in [-0.2, -0.15) is 0 Å². The molecule has 4 heteroatoms. The number of aromatic nitrogens is 3. The van der Waals surface area contributed by atoms with E-state index >= 15 is 0 Å². The molecule has 0 aliphatic carbocycles. The van der Waals surface area contributed by atoms with Gasteiger partial charge >= 0.3 is 0 Å². The van der Waals surface area contributed by atoms with Gasteiger partial charge in [0.15, 0.2) is 11.5 Å². The van der Waals surface area contributed by atoms with Crippen LogP contribution in [0.15, 0.2) is 206 Å². The SMILES string of the molecule is c1ccc(-c2cccc(N(c3cccc(-c4ccccc4)c3)c3cccc(-c4cccc(-c5nnc6c7ccccc7c7ccccc7n56)c4)c3)c2)cc1. The van der Waals surface area contributed by atoms with Gasteiger partial charge in [-0.15, -0.1) is 10.2 Å². The van der Waals surface area contributed by atoms with E-state index in [9.17, 15) is 0 Å². The van der Waals surface area contributed by atoms with Crippen molar-refractivity contribution in [1.82, 2.24) is 14.6 Å². The van der Waals surface area contributed by atoms with E-state index in [2.05, 4.69) is 216 Å². The van der Waals surface area contributed by atoms with E-state index in [4.69, 9.17) is 10.2 Å². The lowest BCUT2D eigenvalue weighted by Gasteiger charge is -2.27. The van der Waals surface area contributed by atoms with Crippen LogP contribution < -0.4 is 4.90 Å². The van der Waals surface area contributed by atoms with Gasteiger partial charge in [0.1, 0.15) is 0 Å². The van der Waals surface area contributed by atoms with Crippen LogP contribution in [-0.2, 0) is 0 Å². The first-order valence-corrected chi connectivity index (χ1v) is 18.3. The minimum absolute atomic E-state index is 0.821. The first kappa shape index (κ1) is 31.4. The summed E-state index contributed by atoms with van der Waals surface area (Å²) < 4.78 is 2.20. The average Bonchev–Trinajstić information content (AvgIpc) is 3.71. The first-order chi connectivity index (χ1) is 26.8. The van der Waals surface area contributed by atoms with Crippen molar-refractivity contribution in [2.24, 2.45) is 0 Å². The standard InChI is InChI=1S/C50H34N4/c1-3-15-35(16-4-1)38-20-12-24-42(32-38)53(43-25-13-21-39(33-43)36-17-5-2-6-18-36)44-26-14-22-40(34-44)37-19-11-23-41(31-37)49-51-52-50-47-29-8-7-27-45(47)46-28-9-10-30-48(46)54(49)50/h1-34H. The van der Waals surface area contributed by atoms with Crippen molar-refractivity contribution in [3.05, 3.63) is 206 Å². The number of rotatable bonds is 7. The minimum atomic E-state index is 0.821. The number of pyridine rings is 1. The maximum atomic E-state index is 4.80. The molecule has 0 saturated heterocycles. The Hall–Kier alpha value is -7.30. The molecule has 0 spiro atoms. The van der Waals surface area contributed by atoms with E-state index in [1.54, 1.807) is 0 Å². The largest absolute Gasteiger partial charge is 0.310 e. The van der Waals surface area contributed by atoms with Crippen LogP contribution >= 0.6 is 0 Å². The van der Waals surface area contributed by atoms with Crippen LogP contribution in [0.3, 0.4) is 0 Å². The van der Waals surface area contributed by atoms with Crippen LogP contribution in [0.5, 0.6) is 0 Å². The quantitative estimate of drug-likeness (QED) is 0.156. The third-order valence-electron chi connectivity index (χ3n) is 10.2. The van der Waals surface area contributed by atoms with E-state index in [1.165, 1.54) is 33.0 Å². The molecule has 0 bridgehead atoms. The molecule has 0 aliphatic heterocycles. The first-order valence-electron chi connectivity index (χ1n) is 18.3. The summed E-state index contributed by atoms with van der Waals surface area (Å²) >= 11 is 0. The summed E-state index contributed by atoms with van der Waals surface area (Å²) in [6.45, 7) is 0. The summed E-state index contributed by atoms with van der Waals surface area (Å²) in [5.74, 6) is 0.821. The van der Waals surface area contributed by atoms with E-state index < -0.39 is 0 Å². The second kappa shape index (κ2) is 13.4. The minimum Gasteiger partial charge on any atom is -0.310 e. The Morgan fingerprint density at radius 3 is 1.33 bits per heavy atom. The van der Waals surface area contributed by atoms with Crippen molar-refractivity contribution < 1.29 is 0 Å². The van der Waals surface area contributed by atoms with Crippen molar-refractivity contribution in [1.29, 1.82) is 0 Å². The van der Waals surface area contributed by atoms with Gasteiger partial charge in [-0.05, 0) is 87.3 Å². The molecule has 2 aromatic heterocycles. The van der Waals surface area contributed by atoms with Crippen molar-refractivity contribution in [2.45, 2.75) is 0 Å². The molecule has 4 nitrogen and oxygen atoms in total. The lowest BCUT2D eigenvalue weighted by atomic mass is 10.00. The highest BCUT2D eigenvalue weighted by Gasteiger charge is 2.18. The molecule has 0 saturated carbocycles. The van der Waals surface area contributed by atoms with Gasteiger partial charge in [0, 0.05) is 33.4 Å². The monoisotopic (exact) mass is 690 g/mol. The van der Waals surface area contributed by atoms with Gasteiger partial charge < -0.3 is 4.90 Å². The molecule has 2 heterocycles. The molecule has 54 heavy (non-hydrogen) atoms. The van der Waals surface area contributed by atoms with Gasteiger partial charge in [-0.1, -0.05) is 158 Å². The predicted molar refractivity (Wildman–Crippen MR) is 224 cm³/mol. The van der Waals surface area contributed by atoms with Gasteiger partial charge in [0.05, 0.1) is 5.52 Å². The fourth-order valence-corrected chi connectivity index (χ4v) is 7.70. The third-order valence-corrected chi connectivity index (χ3v) is 10.2. The van der Waals surface area contributed by atoms with Gasteiger partial charge in [0.2, 0.25) is 0 Å². The maximum Gasteiger partial charge on any atom is 0.169 e. The Morgan fingerprint density at radius 1 is 0.315 bits per heavy atom. The smallest absolute Gasteiger partial charge is 0.169 e. The molecule has 0 unspecified atom stereocenters. The zero-order valence-electron chi connectivity index (χ0n) is 29.4. The highest BCUT2D eigenvalue weighted by atomic mass is 15.2. The van der Waals surface area contributed by atoms with Crippen LogP contribution in [0.1, 0.15) is 0 Å². The summed E-state index contributed by atoms with van der Waals surface area (Å²) in [6.07, 6.45) is 0. The Labute approximate surface area is 313 Å². The number of nitrogens with zero attached hydrogens (tertiary/aromatic N) is 4. The average molecular weight is 691 g/mol. The number of benzene rings is 8. The molecule has 0 radical (unpaired) electrons. The van der Waals surface area contributed by atoms with E-state index in [-0.39, 0.29) is 0 Å². The Bertz CT molecular complexity index is 2870. The van der Waals surface area contributed by atoms with Crippen LogP contribution in [0, 0.1) is 0 Å². The van der Waals surface area contributed by atoms with Crippen molar-refractivity contribution >= 4 is 44.4 Å². The second-order valence-electron chi connectivity index (χ2n) is 13.5. The summed E-state index contributed by atoms with van der Waals surface area (Å²) in [6, 6.07) is 73.2. The highest BCUT2D eigenvalue weighted by Crippen LogP contribution is 2.40. The number of hydrogen-bond acceptors (Lipinski definition) is 3. The molecule has 0 atom stereocenters. The third kappa shape index (κ3) is 5.58. The maximum absolute atomic E-state index is 4.80. The summed E-state index contributed by atoms with van der Waals surface area (Å²) in [5, 5.41) is 13.0. The van der Waals surface area contributed by atoms with Crippen LogP contribution in [-0.4, -0.2) is 14.6 Å². The molecule has 254 valence electrons. The number of hydrogen-bond donors (Lipinski definition) is 0. The Balaban J connectivity index is 1.10. The van der Waals surface area contributed by atoms with E-state index in [1.807, 2.05) is 0 Å². The summed E-state index contributed by atoms with van der Waals surface area (Å²) in [5.41, 5.74) is 13.1. The zero-order valence-corrected chi connectivity index (χ0v) is 29.4. The second-order valence-corrected chi connectivity index (χ2v) is 13.5. The summed E-state index contributed by atoms with van der Waals surface area (Å²) in [4.78, 5) is 2.36. The van der Waals surface area contributed by atoms with Gasteiger partial charge in [0.25, 0.3) is 0 Å². The fourth-order valence-electron chi connectivity index (χ4n) is 7.70. The van der Waals surface area contributed by atoms with E-state index in [0.717, 1.165) is 56.1 Å². The topological polar surface area (TPSA) is 33.4 Å². The molecular formula is C50H34N4. The molecule has 10 rings (SSSR count). The predicted octanol–water partition coefficient (Wildman–Crippen LogP) is 13.2. The highest BCUT2D eigenvalue weighted by molar-refractivity contribution is 6.12. The number of anilines is 3. The molecule has 0 N–H and O–H groups in total.